The van der Waals surface area contributed by atoms with E-state index in [1.807, 2.05) is 14.0 Å². The minimum atomic E-state index is -0.0528. The highest BCUT2D eigenvalue weighted by Crippen LogP contribution is 2.18. The molecule has 5 heteroatoms. The lowest BCUT2D eigenvalue weighted by Crippen LogP contribution is -2.06. The molecule has 0 unspecified atom stereocenters. The van der Waals surface area contributed by atoms with Crippen LogP contribution in [0.3, 0.4) is 0 Å². The molecule has 0 aliphatic carbocycles. The first kappa shape index (κ1) is 11.3. The minimum absolute atomic E-state index is 0.0528. The first-order valence-electron chi connectivity index (χ1n) is 4.32. The predicted octanol–water partition coefficient (Wildman–Crippen LogP) is 1.00. The minimum Gasteiger partial charge on any atom is -0.376 e. The number of aryl methyl sites for hydroxylation is 1. The quantitative estimate of drug-likeness (QED) is 0.743. The second-order valence-electron chi connectivity index (χ2n) is 2.91. The lowest BCUT2D eigenvalue weighted by atomic mass is 10.4. The van der Waals surface area contributed by atoms with E-state index in [0.29, 0.717) is 5.01 Å². The first-order valence-corrected chi connectivity index (χ1v) is 5.13. The molecule has 0 saturated heterocycles. The van der Waals surface area contributed by atoms with Gasteiger partial charge >= 0.3 is 0 Å². The largest absolute Gasteiger partial charge is 0.376 e. The zero-order valence-electron chi connectivity index (χ0n) is 8.59. The van der Waals surface area contributed by atoms with Crippen LogP contribution >= 0.6 is 11.3 Å². The molecule has 4 nitrogen and oxygen atoms in total. The Bertz CT molecular complexity index is 323. The number of carbonyl (C=O) groups excluding carboxylic acids is 1. The van der Waals surface area contributed by atoms with Gasteiger partial charge in [-0.25, -0.2) is 4.98 Å². The maximum Gasteiger partial charge on any atom is 0.216 e. The molecule has 0 amide bonds. The standard InChI is InChI=1S/C9H14N2O2S/c1-6-8(4-10-2)14-9(11-6)7(12)5-13-3/h10H,4-5H2,1-3H3. The van der Waals surface area contributed by atoms with Crippen molar-refractivity contribution < 1.29 is 9.53 Å². The maximum atomic E-state index is 11.4. The molecule has 0 aromatic carbocycles. The van der Waals surface area contributed by atoms with Crippen LogP contribution in [0.1, 0.15) is 20.4 Å². The summed E-state index contributed by atoms with van der Waals surface area (Å²) in [4.78, 5) is 16.7. The highest BCUT2D eigenvalue weighted by atomic mass is 32.1. The summed E-state index contributed by atoms with van der Waals surface area (Å²) >= 11 is 1.43. The zero-order valence-corrected chi connectivity index (χ0v) is 9.40. The fraction of sp³-hybridized carbons (Fsp3) is 0.556. The van der Waals surface area contributed by atoms with E-state index in [9.17, 15) is 4.79 Å². The number of hydrogen-bond donors (Lipinski definition) is 1. The van der Waals surface area contributed by atoms with Crippen molar-refractivity contribution in [1.82, 2.24) is 10.3 Å². The van der Waals surface area contributed by atoms with Crippen molar-refractivity contribution in [3.63, 3.8) is 0 Å². The lowest BCUT2D eigenvalue weighted by molar-refractivity contribution is 0.0847. The summed E-state index contributed by atoms with van der Waals surface area (Å²) in [5, 5.41) is 3.57. The molecule has 1 aromatic heterocycles. The van der Waals surface area contributed by atoms with Crippen molar-refractivity contribution >= 4 is 17.1 Å². The summed E-state index contributed by atoms with van der Waals surface area (Å²) < 4.78 is 4.77. The van der Waals surface area contributed by atoms with Crippen molar-refractivity contribution in [3.05, 3.63) is 15.6 Å². The summed E-state index contributed by atoms with van der Waals surface area (Å²) in [6.45, 7) is 2.77. The second-order valence-corrected chi connectivity index (χ2v) is 4.00. The SMILES string of the molecule is CNCc1sc(C(=O)COC)nc1C. The monoisotopic (exact) mass is 214 g/mol. The van der Waals surface area contributed by atoms with E-state index < -0.39 is 0 Å². The van der Waals surface area contributed by atoms with Gasteiger partial charge in [0.2, 0.25) is 5.78 Å². The number of ketones is 1. The van der Waals surface area contributed by atoms with Gasteiger partial charge in [0.1, 0.15) is 6.61 Å². The van der Waals surface area contributed by atoms with E-state index >= 15 is 0 Å². The van der Waals surface area contributed by atoms with Crippen molar-refractivity contribution in [3.8, 4) is 0 Å². The Labute approximate surface area is 87.3 Å². The highest BCUT2D eigenvalue weighted by molar-refractivity contribution is 7.13. The third kappa shape index (κ3) is 2.60. The molecule has 0 fully saturated rings. The number of nitrogens with one attached hydrogen (secondary N) is 1. The van der Waals surface area contributed by atoms with Crippen LogP contribution < -0.4 is 5.32 Å². The average molecular weight is 214 g/mol. The van der Waals surface area contributed by atoms with Gasteiger partial charge in [0.05, 0.1) is 5.69 Å². The third-order valence-electron chi connectivity index (χ3n) is 1.74. The van der Waals surface area contributed by atoms with E-state index in [1.54, 1.807) is 0 Å². The van der Waals surface area contributed by atoms with Crippen molar-refractivity contribution in [2.45, 2.75) is 13.5 Å². The van der Waals surface area contributed by atoms with Crippen LogP contribution in [0.2, 0.25) is 0 Å². The van der Waals surface area contributed by atoms with Crippen LogP contribution in [0.4, 0.5) is 0 Å². The lowest BCUT2D eigenvalue weighted by Gasteiger charge is -1.93. The van der Waals surface area contributed by atoms with Crippen molar-refractivity contribution in [2.24, 2.45) is 0 Å². The van der Waals surface area contributed by atoms with Crippen LogP contribution in [0, 0.1) is 6.92 Å². The molecule has 0 atom stereocenters. The van der Waals surface area contributed by atoms with Gasteiger partial charge in [0.15, 0.2) is 5.01 Å². The number of rotatable bonds is 5. The Morgan fingerprint density at radius 2 is 2.36 bits per heavy atom. The molecular formula is C9H14N2O2S. The van der Waals surface area contributed by atoms with Crippen LogP contribution in [0.15, 0.2) is 0 Å². The first-order chi connectivity index (χ1) is 6.69. The van der Waals surface area contributed by atoms with Gasteiger partial charge in [0.25, 0.3) is 0 Å². The van der Waals surface area contributed by atoms with E-state index in [0.717, 1.165) is 17.1 Å². The predicted molar refractivity (Wildman–Crippen MR) is 55.8 cm³/mol. The molecule has 1 heterocycles. The van der Waals surface area contributed by atoms with Crippen molar-refractivity contribution in [1.29, 1.82) is 0 Å². The molecule has 0 aliphatic heterocycles. The molecule has 1 N–H and O–H groups in total. The Hall–Kier alpha value is -0.780. The molecule has 1 aromatic rings. The molecule has 0 aliphatic rings. The number of methoxy groups -OCH3 is 1. The number of Topliss-reactive ketones (excluding diaryl/α,β-unsaturated/α-hetero) is 1. The summed E-state index contributed by atoms with van der Waals surface area (Å²) in [6.07, 6.45) is 0. The van der Waals surface area contributed by atoms with Crippen LogP contribution in [-0.2, 0) is 11.3 Å². The highest BCUT2D eigenvalue weighted by Gasteiger charge is 2.13. The maximum absolute atomic E-state index is 11.4. The number of aromatic nitrogens is 1. The molecule has 78 valence electrons. The van der Waals surface area contributed by atoms with Gasteiger partial charge in [-0.1, -0.05) is 0 Å². The van der Waals surface area contributed by atoms with Gasteiger partial charge in [-0.15, -0.1) is 11.3 Å². The Morgan fingerprint density at radius 1 is 1.64 bits per heavy atom. The van der Waals surface area contributed by atoms with Gasteiger partial charge in [-0.3, -0.25) is 4.79 Å². The summed E-state index contributed by atoms with van der Waals surface area (Å²) in [5.41, 5.74) is 0.920. The molecule has 14 heavy (non-hydrogen) atoms. The van der Waals surface area contributed by atoms with Gasteiger partial charge < -0.3 is 10.1 Å². The van der Waals surface area contributed by atoms with Gasteiger partial charge in [-0.2, -0.15) is 0 Å². The molecule has 0 bridgehead atoms. The van der Waals surface area contributed by atoms with Crippen LogP contribution in [0.25, 0.3) is 0 Å². The molecule has 0 spiro atoms. The van der Waals surface area contributed by atoms with E-state index in [2.05, 4.69) is 10.3 Å². The van der Waals surface area contributed by atoms with Crippen LogP contribution in [0.5, 0.6) is 0 Å². The molecular weight excluding hydrogens is 200 g/mol. The van der Waals surface area contributed by atoms with Gasteiger partial charge in [-0.05, 0) is 14.0 Å². The van der Waals surface area contributed by atoms with E-state index in [4.69, 9.17) is 4.74 Å². The average Bonchev–Trinajstić information content (AvgIpc) is 2.49. The summed E-state index contributed by atoms with van der Waals surface area (Å²) in [7, 11) is 3.38. The van der Waals surface area contributed by atoms with Crippen LogP contribution in [-0.4, -0.2) is 31.5 Å². The molecule has 0 radical (unpaired) electrons. The normalized spacial score (nSPS) is 10.5. The second kappa shape index (κ2) is 5.19. The molecule has 1 rings (SSSR count). The Balaban J connectivity index is 2.79. The fourth-order valence-corrected chi connectivity index (χ4v) is 2.06. The summed E-state index contributed by atoms with van der Waals surface area (Å²) in [5.74, 6) is -0.0528. The number of ether oxygens (including phenoxy) is 1. The van der Waals surface area contributed by atoms with Gasteiger partial charge in [0, 0.05) is 18.5 Å². The fourth-order valence-electron chi connectivity index (χ4n) is 1.06. The third-order valence-corrected chi connectivity index (χ3v) is 2.94. The Kier molecular flexibility index (Phi) is 4.19. The number of carbonyl (C=O) groups is 1. The van der Waals surface area contributed by atoms with E-state index in [-0.39, 0.29) is 12.4 Å². The number of thiazole rings is 1. The number of nitrogens with zero attached hydrogens (tertiary/aromatic N) is 1. The van der Waals surface area contributed by atoms with Crippen molar-refractivity contribution in [2.75, 3.05) is 20.8 Å². The number of hydrogen-bond acceptors (Lipinski definition) is 5. The zero-order chi connectivity index (χ0) is 10.6. The smallest absolute Gasteiger partial charge is 0.216 e. The Morgan fingerprint density at radius 3 is 2.93 bits per heavy atom. The van der Waals surface area contributed by atoms with E-state index in [1.165, 1.54) is 18.4 Å². The molecule has 0 saturated carbocycles. The summed E-state index contributed by atoms with van der Waals surface area (Å²) in [6, 6.07) is 0. The topological polar surface area (TPSA) is 51.2 Å².